The second kappa shape index (κ2) is 5.70. The lowest BCUT2D eigenvalue weighted by molar-refractivity contribution is -0.143. The Bertz CT molecular complexity index is 145. The highest BCUT2D eigenvalue weighted by atomic mass is 16.5. The summed E-state index contributed by atoms with van der Waals surface area (Å²) in [5, 5.41) is 6.87. The van der Waals surface area contributed by atoms with Gasteiger partial charge in [0, 0.05) is 6.92 Å². The molecule has 0 aliphatic heterocycles. The predicted octanol–water partition coefficient (Wildman–Crippen LogP) is 0.953. The van der Waals surface area contributed by atoms with Crippen LogP contribution in [0.1, 0.15) is 20.3 Å². The Kier molecular flexibility index (Phi) is 5.15. The largest absolute Gasteiger partial charge is 0.481 e. The fourth-order valence-electron chi connectivity index (χ4n) is 0.521. The van der Waals surface area contributed by atoms with Crippen LogP contribution in [0.4, 0.5) is 0 Å². The van der Waals surface area contributed by atoms with Gasteiger partial charge in [-0.2, -0.15) is 0 Å². The maximum Gasteiger partial charge on any atom is 0.309 e. The average Bonchev–Trinajstić information content (AvgIpc) is 1.87. The van der Waals surface area contributed by atoms with Gasteiger partial charge in [0.1, 0.15) is 6.61 Å². The van der Waals surface area contributed by atoms with Crippen LogP contribution >= 0.6 is 0 Å². The van der Waals surface area contributed by atoms with Crippen LogP contribution in [-0.4, -0.2) is 25.1 Å². The van der Waals surface area contributed by atoms with Crippen LogP contribution in [0.5, 0.6) is 0 Å². The van der Waals surface area contributed by atoms with Crippen molar-refractivity contribution in [1.82, 2.24) is 0 Å². The molecule has 0 saturated carbocycles. The van der Waals surface area contributed by atoms with Crippen molar-refractivity contribution in [2.45, 2.75) is 20.3 Å². The summed E-state index contributed by atoms with van der Waals surface area (Å²) in [5.41, 5.74) is 0. The Morgan fingerprint density at radius 3 is 2.55 bits per heavy atom. The maximum absolute atomic E-state index is 10.7. The quantitative estimate of drug-likeness (QED) is 0.377. The topological polar surface area (TPSA) is 59.4 Å². The molecular formula is C7H13NO3. The highest BCUT2D eigenvalue weighted by Crippen LogP contribution is 1.88. The van der Waals surface area contributed by atoms with Gasteiger partial charge in [0.2, 0.25) is 0 Å². The van der Waals surface area contributed by atoms with Gasteiger partial charge in [-0.1, -0.05) is 0 Å². The molecule has 0 aliphatic rings. The molecule has 0 aromatic rings. The number of hydrogen-bond donors (Lipinski definition) is 1. The van der Waals surface area contributed by atoms with E-state index in [2.05, 4.69) is 4.74 Å². The molecule has 11 heavy (non-hydrogen) atoms. The molecule has 0 atom stereocenters. The zero-order valence-corrected chi connectivity index (χ0v) is 6.85. The van der Waals surface area contributed by atoms with Crippen LogP contribution in [-0.2, 0) is 14.3 Å². The fourth-order valence-corrected chi connectivity index (χ4v) is 0.521. The summed E-state index contributed by atoms with van der Waals surface area (Å²) >= 11 is 0. The van der Waals surface area contributed by atoms with Crippen LogP contribution in [0.3, 0.4) is 0 Å². The summed E-state index contributed by atoms with van der Waals surface area (Å²) in [5.74, 6) is -0.164. The minimum absolute atomic E-state index is 0.120. The number of carbonyl (C=O) groups excluding carboxylic acids is 1. The average molecular weight is 159 g/mol. The summed E-state index contributed by atoms with van der Waals surface area (Å²) in [4.78, 5) is 10.7. The monoisotopic (exact) mass is 159 g/mol. The second-order valence-corrected chi connectivity index (χ2v) is 1.96. The molecule has 1 N–H and O–H groups in total. The van der Waals surface area contributed by atoms with Gasteiger partial charge in [0.25, 0.3) is 0 Å². The van der Waals surface area contributed by atoms with Gasteiger partial charge in [-0.15, -0.1) is 0 Å². The van der Waals surface area contributed by atoms with Gasteiger partial charge in [0.15, 0.2) is 5.90 Å². The molecule has 0 aromatic carbocycles. The van der Waals surface area contributed by atoms with E-state index in [1.54, 1.807) is 6.92 Å². The molecule has 0 unspecified atom stereocenters. The summed E-state index contributed by atoms with van der Waals surface area (Å²) in [7, 11) is 0. The van der Waals surface area contributed by atoms with E-state index in [9.17, 15) is 4.79 Å². The summed E-state index contributed by atoms with van der Waals surface area (Å²) in [6.45, 7) is 3.89. The second-order valence-electron chi connectivity index (χ2n) is 1.96. The SMILES string of the molecule is CCOC(=O)CCOC(C)=N. The number of ether oxygens (including phenoxy) is 2. The first-order valence-electron chi connectivity index (χ1n) is 3.50. The third kappa shape index (κ3) is 6.83. The minimum atomic E-state index is -0.284. The molecule has 0 amide bonds. The highest BCUT2D eigenvalue weighted by Gasteiger charge is 2.00. The van der Waals surface area contributed by atoms with E-state index < -0.39 is 0 Å². The van der Waals surface area contributed by atoms with E-state index in [0.29, 0.717) is 6.61 Å². The van der Waals surface area contributed by atoms with Crippen molar-refractivity contribution < 1.29 is 14.3 Å². The number of nitrogens with one attached hydrogen (secondary N) is 1. The lowest BCUT2D eigenvalue weighted by Gasteiger charge is -2.02. The normalized spacial score (nSPS) is 8.91. The van der Waals surface area contributed by atoms with E-state index in [1.165, 1.54) is 6.92 Å². The molecule has 4 heteroatoms. The Morgan fingerprint density at radius 2 is 2.09 bits per heavy atom. The molecule has 0 fully saturated rings. The first-order valence-corrected chi connectivity index (χ1v) is 3.50. The van der Waals surface area contributed by atoms with Gasteiger partial charge in [-0.25, -0.2) is 0 Å². The van der Waals surface area contributed by atoms with Crippen molar-refractivity contribution >= 4 is 11.9 Å². The third-order valence-corrected chi connectivity index (χ3v) is 0.930. The highest BCUT2D eigenvalue weighted by molar-refractivity contribution is 5.71. The van der Waals surface area contributed by atoms with Crippen LogP contribution in [0.25, 0.3) is 0 Å². The van der Waals surface area contributed by atoms with Gasteiger partial charge in [0.05, 0.1) is 13.0 Å². The van der Waals surface area contributed by atoms with E-state index >= 15 is 0 Å². The van der Waals surface area contributed by atoms with Crippen LogP contribution in [0, 0.1) is 5.41 Å². The molecule has 0 heterocycles. The van der Waals surface area contributed by atoms with Crippen molar-refractivity contribution in [2.24, 2.45) is 0 Å². The molecule has 64 valence electrons. The molecule has 0 aliphatic carbocycles. The number of hydrogen-bond acceptors (Lipinski definition) is 4. The van der Waals surface area contributed by atoms with E-state index in [4.69, 9.17) is 10.1 Å². The van der Waals surface area contributed by atoms with Gasteiger partial charge in [-0.05, 0) is 6.92 Å². The Hall–Kier alpha value is -1.06. The van der Waals surface area contributed by atoms with Crippen LogP contribution < -0.4 is 0 Å². The van der Waals surface area contributed by atoms with Crippen molar-refractivity contribution in [3.05, 3.63) is 0 Å². The molecule has 0 saturated heterocycles. The van der Waals surface area contributed by atoms with E-state index in [0.717, 1.165) is 0 Å². The van der Waals surface area contributed by atoms with Gasteiger partial charge < -0.3 is 9.47 Å². The predicted molar refractivity (Wildman–Crippen MR) is 40.6 cm³/mol. The summed E-state index contributed by atoms with van der Waals surface area (Å²) in [6, 6.07) is 0. The Morgan fingerprint density at radius 1 is 1.45 bits per heavy atom. The standard InChI is InChI=1S/C7H13NO3/c1-3-10-7(9)4-5-11-6(2)8/h8H,3-5H2,1-2H3. The molecule has 0 spiro atoms. The maximum atomic E-state index is 10.7. The minimum Gasteiger partial charge on any atom is -0.481 e. The molecule has 0 aromatic heterocycles. The first kappa shape index (κ1) is 9.94. The number of rotatable bonds is 4. The van der Waals surface area contributed by atoms with Crippen LogP contribution in [0.2, 0.25) is 0 Å². The van der Waals surface area contributed by atoms with Crippen molar-refractivity contribution in [2.75, 3.05) is 13.2 Å². The van der Waals surface area contributed by atoms with Crippen LogP contribution in [0.15, 0.2) is 0 Å². The smallest absolute Gasteiger partial charge is 0.309 e. The summed E-state index contributed by atoms with van der Waals surface area (Å²) in [6.07, 6.45) is 0.212. The van der Waals surface area contributed by atoms with Crippen molar-refractivity contribution in [3.8, 4) is 0 Å². The number of carbonyl (C=O) groups is 1. The Balaban J connectivity index is 3.24. The molecule has 0 bridgehead atoms. The Labute approximate surface area is 66.0 Å². The number of esters is 1. The molecular weight excluding hydrogens is 146 g/mol. The zero-order valence-electron chi connectivity index (χ0n) is 6.85. The lowest BCUT2D eigenvalue weighted by Crippen LogP contribution is -2.09. The van der Waals surface area contributed by atoms with Crippen molar-refractivity contribution in [1.29, 1.82) is 5.41 Å². The van der Waals surface area contributed by atoms with Gasteiger partial charge >= 0.3 is 5.97 Å². The van der Waals surface area contributed by atoms with Gasteiger partial charge in [-0.3, -0.25) is 10.2 Å². The summed E-state index contributed by atoms with van der Waals surface area (Å²) < 4.78 is 9.38. The van der Waals surface area contributed by atoms with E-state index in [-0.39, 0.29) is 24.9 Å². The fraction of sp³-hybridized carbons (Fsp3) is 0.714. The lowest BCUT2D eigenvalue weighted by atomic mass is 10.5. The zero-order chi connectivity index (χ0) is 8.69. The molecule has 4 nitrogen and oxygen atoms in total. The first-order chi connectivity index (χ1) is 5.16. The third-order valence-electron chi connectivity index (χ3n) is 0.930. The van der Waals surface area contributed by atoms with Crippen molar-refractivity contribution in [3.63, 3.8) is 0 Å². The molecule has 0 radical (unpaired) electrons. The molecule has 0 rings (SSSR count). The van der Waals surface area contributed by atoms with E-state index in [1.807, 2.05) is 0 Å².